The van der Waals surface area contributed by atoms with Crippen molar-refractivity contribution in [1.82, 2.24) is 14.4 Å². The van der Waals surface area contributed by atoms with Gasteiger partial charge < -0.3 is 14.4 Å². The molecule has 0 aliphatic carbocycles. The minimum absolute atomic E-state index is 0.0600. The lowest BCUT2D eigenvalue weighted by atomic mass is 10.1. The van der Waals surface area contributed by atoms with Gasteiger partial charge in [-0.3, -0.25) is 9.59 Å². The summed E-state index contributed by atoms with van der Waals surface area (Å²) in [4.78, 5) is 29.3. The highest BCUT2D eigenvalue weighted by Crippen LogP contribution is 2.15. The third-order valence-corrected chi connectivity index (χ3v) is 4.41. The van der Waals surface area contributed by atoms with Crippen molar-refractivity contribution in [3.63, 3.8) is 0 Å². The van der Waals surface area contributed by atoms with Crippen LogP contribution in [0.1, 0.15) is 16.1 Å². The van der Waals surface area contributed by atoms with Crippen LogP contribution in [0.2, 0.25) is 0 Å². The standard InChI is InChI=1S/C17H21N3O2/c1-12-4-5-13-11-15(19(3)16(21)14(13)10-12)17(22)20-8-6-18(2)7-9-20/h4-5,10-11H,6-9H2,1-3H3. The summed E-state index contributed by atoms with van der Waals surface area (Å²) >= 11 is 0. The highest BCUT2D eigenvalue weighted by Gasteiger charge is 2.23. The molecule has 1 aromatic carbocycles. The first-order valence-electron chi connectivity index (χ1n) is 7.55. The number of likely N-dealkylation sites (N-methyl/N-ethyl adjacent to an activating group) is 1. The van der Waals surface area contributed by atoms with E-state index in [-0.39, 0.29) is 11.5 Å². The SMILES string of the molecule is Cc1ccc2cc(C(=O)N3CCN(C)CC3)n(C)c(=O)c2c1. The summed E-state index contributed by atoms with van der Waals surface area (Å²) in [7, 11) is 3.73. The molecule has 1 aromatic heterocycles. The first kappa shape index (κ1) is 14.8. The number of carbonyl (C=O) groups is 1. The van der Waals surface area contributed by atoms with Crippen LogP contribution in [0.4, 0.5) is 0 Å². The van der Waals surface area contributed by atoms with E-state index < -0.39 is 0 Å². The minimum atomic E-state index is -0.112. The second kappa shape index (κ2) is 5.57. The number of hydrogen-bond acceptors (Lipinski definition) is 3. The van der Waals surface area contributed by atoms with Crippen LogP contribution < -0.4 is 5.56 Å². The van der Waals surface area contributed by atoms with Crippen molar-refractivity contribution in [3.8, 4) is 0 Å². The molecule has 3 rings (SSSR count). The zero-order chi connectivity index (χ0) is 15.9. The van der Waals surface area contributed by atoms with Crippen LogP contribution in [0.25, 0.3) is 10.8 Å². The molecular formula is C17H21N3O2. The fourth-order valence-electron chi connectivity index (χ4n) is 2.89. The van der Waals surface area contributed by atoms with Crippen molar-refractivity contribution in [2.24, 2.45) is 7.05 Å². The van der Waals surface area contributed by atoms with Crippen LogP contribution in [0, 0.1) is 6.92 Å². The van der Waals surface area contributed by atoms with Gasteiger partial charge in [-0.05, 0) is 31.5 Å². The van der Waals surface area contributed by atoms with E-state index in [9.17, 15) is 9.59 Å². The normalized spacial score (nSPS) is 16.2. The van der Waals surface area contributed by atoms with Gasteiger partial charge in [0, 0.05) is 38.6 Å². The van der Waals surface area contributed by atoms with E-state index >= 15 is 0 Å². The average molecular weight is 299 g/mol. The van der Waals surface area contributed by atoms with Gasteiger partial charge in [0.15, 0.2) is 0 Å². The van der Waals surface area contributed by atoms with E-state index in [4.69, 9.17) is 0 Å². The molecule has 1 fully saturated rings. The number of fused-ring (bicyclic) bond motifs is 1. The van der Waals surface area contributed by atoms with Gasteiger partial charge in [-0.15, -0.1) is 0 Å². The predicted octanol–water partition coefficient (Wildman–Crippen LogP) is 1.23. The predicted molar refractivity (Wildman–Crippen MR) is 87.3 cm³/mol. The number of amides is 1. The molecule has 5 nitrogen and oxygen atoms in total. The molecule has 22 heavy (non-hydrogen) atoms. The fourth-order valence-corrected chi connectivity index (χ4v) is 2.89. The molecule has 2 aromatic rings. The van der Waals surface area contributed by atoms with Crippen LogP contribution in [0.3, 0.4) is 0 Å². The summed E-state index contributed by atoms with van der Waals surface area (Å²) < 4.78 is 1.47. The van der Waals surface area contributed by atoms with Crippen LogP contribution in [-0.2, 0) is 7.05 Å². The van der Waals surface area contributed by atoms with Crippen molar-refractivity contribution in [2.75, 3.05) is 33.2 Å². The van der Waals surface area contributed by atoms with Gasteiger partial charge in [-0.2, -0.15) is 0 Å². The molecule has 0 atom stereocenters. The van der Waals surface area contributed by atoms with Crippen LogP contribution in [-0.4, -0.2) is 53.5 Å². The third kappa shape index (κ3) is 2.52. The summed E-state index contributed by atoms with van der Waals surface area (Å²) in [6.07, 6.45) is 0. The maximum atomic E-state index is 12.7. The number of hydrogen-bond donors (Lipinski definition) is 0. The quantitative estimate of drug-likeness (QED) is 0.796. The number of nitrogens with zero attached hydrogens (tertiary/aromatic N) is 3. The number of rotatable bonds is 1. The van der Waals surface area contributed by atoms with Gasteiger partial charge >= 0.3 is 0 Å². The summed E-state index contributed by atoms with van der Waals surface area (Å²) in [6.45, 7) is 5.10. The Hall–Kier alpha value is -2.14. The number of benzene rings is 1. The topological polar surface area (TPSA) is 45.6 Å². The Labute approximate surface area is 129 Å². The summed E-state index contributed by atoms with van der Waals surface area (Å²) in [5.74, 6) is -0.0600. The van der Waals surface area contributed by atoms with Crippen molar-refractivity contribution in [2.45, 2.75) is 6.92 Å². The van der Waals surface area contributed by atoms with E-state index in [2.05, 4.69) is 11.9 Å². The van der Waals surface area contributed by atoms with E-state index in [1.165, 1.54) is 4.57 Å². The fraction of sp³-hybridized carbons (Fsp3) is 0.412. The van der Waals surface area contributed by atoms with Crippen molar-refractivity contribution in [3.05, 3.63) is 45.9 Å². The van der Waals surface area contributed by atoms with Gasteiger partial charge in [0.1, 0.15) is 5.69 Å². The van der Waals surface area contributed by atoms with Gasteiger partial charge in [0.2, 0.25) is 0 Å². The number of aromatic nitrogens is 1. The molecule has 0 saturated carbocycles. The minimum Gasteiger partial charge on any atom is -0.335 e. The number of piperazine rings is 1. The first-order valence-corrected chi connectivity index (χ1v) is 7.55. The molecule has 116 valence electrons. The van der Waals surface area contributed by atoms with Gasteiger partial charge in [0.25, 0.3) is 11.5 Å². The lowest BCUT2D eigenvalue weighted by Gasteiger charge is -2.32. The second-order valence-electron chi connectivity index (χ2n) is 6.08. The Balaban J connectivity index is 2.04. The molecule has 0 radical (unpaired) electrons. The molecule has 1 aliphatic rings. The molecule has 0 spiro atoms. The molecule has 0 unspecified atom stereocenters. The summed E-state index contributed by atoms with van der Waals surface area (Å²) in [5.41, 5.74) is 1.40. The molecular weight excluding hydrogens is 278 g/mol. The van der Waals surface area contributed by atoms with Crippen LogP contribution in [0.5, 0.6) is 0 Å². The Morgan fingerprint density at radius 2 is 1.73 bits per heavy atom. The maximum Gasteiger partial charge on any atom is 0.270 e. The highest BCUT2D eigenvalue weighted by atomic mass is 16.2. The largest absolute Gasteiger partial charge is 0.335 e. The average Bonchev–Trinajstić information content (AvgIpc) is 2.51. The van der Waals surface area contributed by atoms with E-state index in [0.717, 1.165) is 24.0 Å². The number of pyridine rings is 1. The van der Waals surface area contributed by atoms with Gasteiger partial charge in [-0.25, -0.2) is 0 Å². The molecule has 1 saturated heterocycles. The number of aryl methyl sites for hydroxylation is 1. The zero-order valence-electron chi connectivity index (χ0n) is 13.3. The Morgan fingerprint density at radius 3 is 2.41 bits per heavy atom. The Bertz CT molecular complexity index is 786. The molecule has 5 heteroatoms. The van der Waals surface area contributed by atoms with Gasteiger partial charge in [0.05, 0.1) is 0 Å². The second-order valence-corrected chi connectivity index (χ2v) is 6.08. The highest BCUT2D eigenvalue weighted by molar-refractivity contribution is 5.96. The van der Waals surface area contributed by atoms with E-state index in [0.29, 0.717) is 24.2 Å². The van der Waals surface area contributed by atoms with Crippen LogP contribution >= 0.6 is 0 Å². The molecule has 1 amide bonds. The molecule has 2 heterocycles. The monoisotopic (exact) mass is 299 g/mol. The number of carbonyl (C=O) groups excluding carboxylic acids is 1. The van der Waals surface area contributed by atoms with Gasteiger partial charge in [-0.1, -0.05) is 17.7 Å². The van der Waals surface area contributed by atoms with Crippen molar-refractivity contribution < 1.29 is 4.79 Å². The lowest BCUT2D eigenvalue weighted by molar-refractivity contribution is 0.0653. The van der Waals surface area contributed by atoms with E-state index in [1.54, 1.807) is 7.05 Å². The van der Waals surface area contributed by atoms with Crippen molar-refractivity contribution in [1.29, 1.82) is 0 Å². The first-order chi connectivity index (χ1) is 10.5. The summed E-state index contributed by atoms with van der Waals surface area (Å²) in [5, 5.41) is 1.49. The smallest absolute Gasteiger partial charge is 0.270 e. The maximum absolute atomic E-state index is 12.7. The zero-order valence-corrected chi connectivity index (χ0v) is 13.3. The lowest BCUT2D eigenvalue weighted by Crippen LogP contribution is -2.48. The molecule has 0 bridgehead atoms. The molecule has 0 N–H and O–H groups in total. The Kier molecular flexibility index (Phi) is 3.74. The van der Waals surface area contributed by atoms with Crippen molar-refractivity contribution >= 4 is 16.7 Å². The summed E-state index contributed by atoms with van der Waals surface area (Å²) in [6, 6.07) is 7.58. The Morgan fingerprint density at radius 1 is 1.05 bits per heavy atom. The van der Waals surface area contributed by atoms with Crippen LogP contribution in [0.15, 0.2) is 29.1 Å². The third-order valence-electron chi connectivity index (χ3n) is 4.41. The van der Waals surface area contributed by atoms with E-state index in [1.807, 2.05) is 36.1 Å². The molecule has 1 aliphatic heterocycles.